The van der Waals surface area contributed by atoms with E-state index in [0.717, 1.165) is 31.4 Å². The number of hydrogen-bond donors (Lipinski definition) is 1. The second kappa shape index (κ2) is 6.61. The molecule has 0 atom stereocenters. The molecule has 1 aliphatic carbocycles. The predicted octanol–water partition coefficient (Wildman–Crippen LogP) is 3.14. The minimum Gasteiger partial charge on any atom is -0.543 e. The molecule has 1 aliphatic rings. The highest BCUT2D eigenvalue weighted by molar-refractivity contribution is 6.46. The third kappa shape index (κ3) is 3.34. The number of aromatic carboxylic acids is 1. The van der Waals surface area contributed by atoms with Crippen LogP contribution in [0, 0.1) is 0 Å². The zero-order valence-corrected chi connectivity index (χ0v) is 12.6. The molecule has 0 spiro atoms. The van der Waals surface area contributed by atoms with Gasteiger partial charge in [-0.1, -0.05) is 41.2 Å². The first kappa shape index (κ1) is 15.4. The molecular weight excluding hydrogens is 325 g/mol. The number of anilines is 1. The van der Waals surface area contributed by atoms with Gasteiger partial charge >= 0.3 is 0 Å². The molecular formula is C12H11Cl3N3O2-. The maximum Gasteiger partial charge on any atom is 0.150 e. The Kier molecular flexibility index (Phi) is 5.07. The summed E-state index contributed by atoms with van der Waals surface area (Å²) in [5, 5.41) is 14.8. The molecule has 0 aromatic carbocycles. The third-order valence-corrected chi connectivity index (χ3v) is 4.09. The molecule has 0 unspecified atom stereocenters. The first-order valence-electron chi connectivity index (χ1n) is 6.08. The van der Waals surface area contributed by atoms with Gasteiger partial charge in [0.25, 0.3) is 0 Å². The third-order valence-electron chi connectivity index (χ3n) is 2.99. The van der Waals surface area contributed by atoms with E-state index in [1.54, 1.807) is 0 Å². The number of hydrogen-bond acceptors (Lipinski definition) is 5. The van der Waals surface area contributed by atoms with Gasteiger partial charge in [-0.15, -0.1) is 0 Å². The summed E-state index contributed by atoms with van der Waals surface area (Å²) in [6.45, 7) is 0. The van der Waals surface area contributed by atoms with Crippen molar-refractivity contribution in [1.82, 2.24) is 4.98 Å². The van der Waals surface area contributed by atoms with Gasteiger partial charge in [-0.2, -0.15) is 5.10 Å². The van der Waals surface area contributed by atoms with E-state index in [-0.39, 0.29) is 20.9 Å². The van der Waals surface area contributed by atoms with Crippen LogP contribution in [0.15, 0.2) is 5.10 Å². The van der Waals surface area contributed by atoms with Crippen LogP contribution >= 0.6 is 34.8 Å². The summed E-state index contributed by atoms with van der Waals surface area (Å²) >= 11 is 17.7. The lowest BCUT2D eigenvalue weighted by Gasteiger charge is -2.15. The minimum absolute atomic E-state index is 0.0295. The fraction of sp³-hybridized carbons (Fsp3) is 0.417. The van der Waals surface area contributed by atoms with Gasteiger partial charge in [-0.25, -0.2) is 4.98 Å². The first-order chi connectivity index (χ1) is 9.50. The van der Waals surface area contributed by atoms with Crippen LogP contribution in [-0.2, 0) is 0 Å². The van der Waals surface area contributed by atoms with Gasteiger partial charge in [0.15, 0.2) is 5.15 Å². The summed E-state index contributed by atoms with van der Waals surface area (Å²) in [5.74, 6) is -1.53. The lowest BCUT2D eigenvalue weighted by molar-refractivity contribution is -0.255. The molecule has 8 heteroatoms. The molecule has 20 heavy (non-hydrogen) atoms. The molecule has 1 saturated carbocycles. The normalized spacial score (nSPS) is 15.1. The van der Waals surface area contributed by atoms with Gasteiger partial charge in [0.1, 0.15) is 10.7 Å². The molecule has 0 bridgehead atoms. The summed E-state index contributed by atoms with van der Waals surface area (Å²) in [6.07, 6.45) is 5.16. The monoisotopic (exact) mass is 334 g/mol. The van der Waals surface area contributed by atoms with Crippen LogP contribution < -0.4 is 10.5 Å². The maximum absolute atomic E-state index is 10.9. The first-order valence-corrected chi connectivity index (χ1v) is 7.21. The fourth-order valence-electron chi connectivity index (χ4n) is 1.95. The molecule has 1 N–H and O–H groups in total. The summed E-state index contributed by atoms with van der Waals surface area (Å²) in [5.41, 5.74) is 3.35. The van der Waals surface area contributed by atoms with Crippen molar-refractivity contribution in [3.8, 4) is 0 Å². The topological polar surface area (TPSA) is 77.4 Å². The Hall–Kier alpha value is -1.04. The van der Waals surface area contributed by atoms with Crippen molar-refractivity contribution in [2.75, 3.05) is 5.43 Å². The average Bonchev–Trinajstić information content (AvgIpc) is 2.43. The Balaban J connectivity index is 2.32. The number of nitrogens with zero attached hydrogens (tertiary/aromatic N) is 2. The Bertz CT molecular complexity index is 568. The van der Waals surface area contributed by atoms with Crippen LogP contribution in [0.2, 0.25) is 15.2 Å². The largest absolute Gasteiger partial charge is 0.543 e. The number of hydrazone groups is 1. The maximum atomic E-state index is 10.9. The quantitative estimate of drug-likeness (QED) is 0.680. The molecule has 1 heterocycles. The van der Waals surface area contributed by atoms with Crippen molar-refractivity contribution in [3.05, 3.63) is 20.9 Å². The standard InChI is InChI=1S/C12H12Cl3N3O2/c13-7-9(18-17-6-4-2-1-3-5-6)8(14)11(15)16-10(7)12(19)20/h1-5H2,(H,16,18)(H,19,20)/p-1. The van der Waals surface area contributed by atoms with Crippen LogP contribution in [0.3, 0.4) is 0 Å². The lowest BCUT2D eigenvalue weighted by atomic mass is 9.99. The van der Waals surface area contributed by atoms with Crippen LogP contribution in [-0.4, -0.2) is 16.7 Å². The highest BCUT2D eigenvalue weighted by atomic mass is 35.5. The van der Waals surface area contributed by atoms with E-state index in [9.17, 15) is 9.90 Å². The number of carbonyl (C=O) groups is 1. The van der Waals surface area contributed by atoms with E-state index in [0.29, 0.717) is 0 Å². The summed E-state index contributed by atoms with van der Waals surface area (Å²) in [7, 11) is 0. The molecule has 2 rings (SSSR count). The van der Waals surface area contributed by atoms with Gasteiger partial charge in [-0.05, 0) is 25.7 Å². The van der Waals surface area contributed by atoms with Crippen LogP contribution in [0.5, 0.6) is 0 Å². The number of nitrogens with one attached hydrogen (secondary N) is 1. The van der Waals surface area contributed by atoms with Crippen LogP contribution in [0.25, 0.3) is 0 Å². The summed E-state index contributed by atoms with van der Waals surface area (Å²) < 4.78 is 0. The van der Waals surface area contributed by atoms with E-state index in [1.807, 2.05) is 0 Å². The molecule has 1 aromatic rings. The number of rotatable bonds is 3. The second-order valence-corrected chi connectivity index (χ2v) is 5.51. The van der Waals surface area contributed by atoms with Gasteiger partial charge in [-0.3, -0.25) is 5.43 Å². The van der Waals surface area contributed by atoms with Gasteiger partial charge in [0, 0.05) is 5.71 Å². The van der Waals surface area contributed by atoms with E-state index in [1.165, 1.54) is 6.42 Å². The Labute approximate surface area is 130 Å². The molecule has 0 saturated heterocycles. The number of carboxylic acid groups (broad SMARTS) is 1. The molecule has 1 fully saturated rings. The van der Waals surface area contributed by atoms with Crippen molar-refractivity contribution in [2.24, 2.45) is 5.10 Å². The zero-order valence-electron chi connectivity index (χ0n) is 10.4. The van der Waals surface area contributed by atoms with Gasteiger partial charge in [0.05, 0.1) is 16.7 Å². The number of carbonyl (C=O) groups excluding carboxylic acids is 1. The minimum atomic E-state index is -1.53. The second-order valence-electron chi connectivity index (χ2n) is 4.39. The summed E-state index contributed by atoms with van der Waals surface area (Å²) in [6, 6.07) is 0. The highest BCUT2D eigenvalue weighted by Gasteiger charge is 2.17. The van der Waals surface area contributed by atoms with Crippen molar-refractivity contribution >= 4 is 52.2 Å². The van der Waals surface area contributed by atoms with Crippen LogP contribution in [0.4, 0.5) is 5.69 Å². The number of halogens is 3. The molecule has 0 aliphatic heterocycles. The van der Waals surface area contributed by atoms with Crippen molar-refractivity contribution in [3.63, 3.8) is 0 Å². The Morgan fingerprint density at radius 2 is 1.80 bits per heavy atom. The highest BCUT2D eigenvalue weighted by Crippen LogP contribution is 2.36. The van der Waals surface area contributed by atoms with E-state index in [4.69, 9.17) is 34.8 Å². The van der Waals surface area contributed by atoms with Crippen molar-refractivity contribution in [1.29, 1.82) is 0 Å². The average molecular weight is 336 g/mol. The number of pyridine rings is 1. The Morgan fingerprint density at radius 1 is 1.15 bits per heavy atom. The fourth-order valence-corrected chi connectivity index (χ4v) is 2.62. The molecule has 5 nitrogen and oxygen atoms in total. The molecule has 108 valence electrons. The van der Waals surface area contributed by atoms with E-state index >= 15 is 0 Å². The van der Waals surface area contributed by atoms with Gasteiger partial charge < -0.3 is 9.90 Å². The Morgan fingerprint density at radius 3 is 2.40 bits per heavy atom. The predicted molar refractivity (Wildman–Crippen MR) is 77.7 cm³/mol. The van der Waals surface area contributed by atoms with E-state index < -0.39 is 11.7 Å². The van der Waals surface area contributed by atoms with Crippen molar-refractivity contribution in [2.45, 2.75) is 32.1 Å². The smallest absolute Gasteiger partial charge is 0.150 e. The zero-order chi connectivity index (χ0) is 14.7. The van der Waals surface area contributed by atoms with Gasteiger partial charge in [0.2, 0.25) is 0 Å². The number of carboxylic acids is 1. The molecule has 0 radical (unpaired) electrons. The van der Waals surface area contributed by atoms with Crippen LogP contribution in [0.1, 0.15) is 42.6 Å². The van der Waals surface area contributed by atoms with E-state index in [2.05, 4.69) is 15.5 Å². The summed E-state index contributed by atoms with van der Waals surface area (Å²) in [4.78, 5) is 14.5. The molecule has 1 aromatic heterocycles. The number of aromatic nitrogens is 1. The van der Waals surface area contributed by atoms with Crippen molar-refractivity contribution < 1.29 is 9.90 Å². The SMILES string of the molecule is O=C([O-])c1nc(Cl)c(Cl)c(NN=C2CCCCC2)c1Cl. The lowest BCUT2D eigenvalue weighted by Crippen LogP contribution is -2.24. The molecule has 0 amide bonds.